The molecular formula is C30H44N6O10Zn. The fraction of sp³-hybridized carbons (Fsp3) is 0.433. The quantitative estimate of drug-likeness (QED) is 0.170. The molecule has 0 aliphatic carbocycles. The molecule has 0 atom stereocenters. The summed E-state index contributed by atoms with van der Waals surface area (Å²) in [7, 11) is 1.00. The summed E-state index contributed by atoms with van der Waals surface area (Å²) < 4.78 is 17.0. The van der Waals surface area contributed by atoms with E-state index in [2.05, 4.69) is 28.1 Å². The number of benzene rings is 2. The van der Waals surface area contributed by atoms with E-state index in [1.165, 1.54) is 0 Å². The first-order valence-electron chi connectivity index (χ1n) is 14.4. The van der Waals surface area contributed by atoms with Crippen LogP contribution in [0.25, 0.3) is 0 Å². The molecule has 0 radical (unpaired) electrons. The maximum Gasteiger partial charge on any atom is 2.00 e. The molecule has 3 aromatic rings. The number of fused-ring (bicyclic) bond motifs is 4. The second-order valence-electron chi connectivity index (χ2n) is 8.75. The number of aliphatic hydroxyl groups is 1. The number of hydrogen-bond donors (Lipinski definition) is 4. The zero-order valence-electron chi connectivity index (χ0n) is 27.1. The average Bonchev–Trinajstić information content (AvgIpc) is 3.04. The molecule has 2 bridgehead atoms. The first-order valence-corrected chi connectivity index (χ1v) is 14.4. The molecule has 0 unspecified atom stereocenters. The van der Waals surface area contributed by atoms with Crippen molar-refractivity contribution in [2.45, 2.75) is 40.2 Å². The summed E-state index contributed by atoms with van der Waals surface area (Å²) in [4.78, 5) is 21.2. The van der Waals surface area contributed by atoms with Crippen molar-refractivity contribution in [1.29, 1.82) is 0 Å². The van der Waals surface area contributed by atoms with Gasteiger partial charge in [0, 0.05) is 70.7 Å². The van der Waals surface area contributed by atoms with E-state index in [0.29, 0.717) is 13.2 Å². The Labute approximate surface area is 287 Å². The van der Waals surface area contributed by atoms with Gasteiger partial charge < -0.3 is 65.9 Å². The van der Waals surface area contributed by atoms with Gasteiger partial charge in [0.15, 0.2) is 0 Å². The van der Waals surface area contributed by atoms with Crippen molar-refractivity contribution < 1.29 is 49.0 Å². The maximum atomic E-state index is 8.25. The minimum absolute atomic E-state index is 0. The predicted molar refractivity (Wildman–Crippen MR) is 173 cm³/mol. The number of para-hydroxylation sites is 2. The van der Waals surface area contributed by atoms with Crippen molar-refractivity contribution in [2.24, 2.45) is 0 Å². The number of rotatable bonds is 2. The second-order valence-corrected chi connectivity index (χ2v) is 8.75. The number of ether oxygens (including phenoxy) is 3. The maximum absolute atomic E-state index is 8.25. The summed E-state index contributed by atoms with van der Waals surface area (Å²) in [6, 6.07) is 22.3. The molecule has 1 aliphatic heterocycles. The van der Waals surface area contributed by atoms with E-state index in [1.54, 1.807) is 0 Å². The van der Waals surface area contributed by atoms with Crippen molar-refractivity contribution in [3.8, 4) is 11.5 Å². The molecule has 2 heterocycles. The Morgan fingerprint density at radius 2 is 1.04 bits per heavy atom. The van der Waals surface area contributed by atoms with Crippen LogP contribution in [-0.4, -0.2) is 66.8 Å². The molecule has 4 rings (SSSR count). The summed E-state index contributed by atoms with van der Waals surface area (Å²) in [6.07, 6.45) is 0. The van der Waals surface area contributed by atoms with E-state index >= 15 is 0 Å². The molecule has 1 aliphatic rings. The number of nitrogens with zero attached hydrogens (tertiary/aromatic N) is 3. The van der Waals surface area contributed by atoms with E-state index < -0.39 is 10.2 Å². The van der Waals surface area contributed by atoms with Crippen LogP contribution < -0.4 is 25.4 Å². The first-order chi connectivity index (χ1) is 22.3. The molecular weight excluding hydrogens is 670 g/mol. The van der Waals surface area contributed by atoms with E-state index in [-0.39, 0.29) is 19.5 Å². The third kappa shape index (κ3) is 24.9. The van der Waals surface area contributed by atoms with Crippen LogP contribution in [0.2, 0.25) is 0 Å². The Bertz CT molecular complexity index is 1130. The number of aliphatic hydroxyl groups excluding tert-OH is 1. The largest absolute Gasteiger partial charge is 2.00 e. The van der Waals surface area contributed by atoms with Gasteiger partial charge >= 0.3 is 19.5 Å². The van der Waals surface area contributed by atoms with Gasteiger partial charge in [-0.1, -0.05) is 42.5 Å². The Hall–Kier alpha value is -3.99. The minimum Gasteiger partial charge on any atom is -0.487 e. The third-order valence-corrected chi connectivity index (χ3v) is 5.56. The van der Waals surface area contributed by atoms with E-state index in [4.69, 9.17) is 54.9 Å². The Kier molecular flexibility index (Phi) is 29.4. The molecule has 0 amide bonds. The van der Waals surface area contributed by atoms with Crippen LogP contribution in [0.5, 0.6) is 11.5 Å². The van der Waals surface area contributed by atoms with Gasteiger partial charge in [0.25, 0.3) is 0 Å². The molecule has 47 heavy (non-hydrogen) atoms. The van der Waals surface area contributed by atoms with E-state index in [9.17, 15) is 0 Å². The van der Waals surface area contributed by atoms with Crippen molar-refractivity contribution in [3.05, 3.63) is 120 Å². The van der Waals surface area contributed by atoms with Gasteiger partial charge in [-0.3, -0.25) is 4.98 Å². The number of aromatic nitrogens is 1. The summed E-state index contributed by atoms with van der Waals surface area (Å²) in [5.41, 5.74) is 4.07. The van der Waals surface area contributed by atoms with E-state index in [0.717, 1.165) is 93.6 Å². The standard InChI is InChI=1S/C25H30N4O2.C4H10O.CH4O.2NO3.Zn/c1-3-10-24-20(6-1)16-27-14-12-26-13-15-28-17-21-7-2-4-11-25(21)31-19-23-9-5-8-22(29-23)18-30-24;1-3-5-4-2;1-2;2*2-1(3)4;/h1-11,26-28H,12-19H2;3-4H2,1-2H3;2H,1H3;;;/q;;;2*-1;+2. The van der Waals surface area contributed by atoms with Crippen LogP contribution in [0, 0.1) is 30.6 Å². The Morgan fingerprint density at radius 3 is 1.40 bits per heavy atom. The predicted octanol–water partition coefficient (Wildman–Crippen LogP) is 3.19. The monoisotopic (exact) mass is 712 g/mol. The van der Waals surface area contributed by atoms with Gasteiger partial charge in [-0.15, -0.1) is 0 Å². The number of nitrogens with one attached hydrogen (secondary N) is 3. The van der Waals surface area contributed by atoms with Gasteiger partial charge in [-0.2, -0.15) is 0 Å². The van der Waals surface area contributed by atoms with Crippen LogP contribution in [0.15, 0.2) is 66.7 Å². The Balaban J connectivity index is 0. The summed E-state index contributed by atoms with van der Waals surface area (Å²) in [5.74, 6) is 1.78. The van der Waals surface area contributed by atoms with Gasteiger partial charge in [0.2, 0.25) is 0 Å². The summed E-state index contributed by atoms with van der Waals surface area (Å²) in [5, 5.41) is 46.9. The third-order valence-electron chi connectivity index (χ3n) is 5.56. The second kappa shape index (κ2) is 30.7. The average molecular weight is 714 g/mol. The molecule has 0 fully saturated rings. The fourth-order valence-electron chi connectivity index (χ4n) is 3.70. The SMILES string of the molecule is CCOCC.CO.O=[N+]([O-])[O-].O=[N+]([O-])[O-].[Zn+2].c1cc2nc(c1)COc1ccccc1CNCCNCCNCc1ccccc1OC2. The first kappa shape index (κ1) is 45.1. The normalized spacial score (nSPS) is 12.7. The summed E-state index contributed by atoms with van der Waals surface area (Å²) >= 11 is 0. The fourth-order valence-corrected chi connectivity index (χ4v) is 3.70. The molecule has 1 aromatic heterocycles. The number of pyridine rings is 1. The molecule has 0 saturated heterocycles. The van der Waals surface area contributed by atoms with Gasteiger partial charge in [0.1, 0.15) is 24.7 Å². The minimum atomic E-state index is -1.75. The van der Waals surface area contributed by atoms with Crippen molar-refractivity contribution in [3.63, 3.8) is 0 Å². The zero-order valence-corrected chi connectivity index (χ0v) is 30.1. The van der Waals surface area contributed by atoms with Crippen LogP contribution in [0.1, 0.15) is 36.4 Å². The molecule has 4 N–H and O–H groups in total. The zero-order chi connectivity index (χ0) is 34.4. The van der Waals surface area contributed by atoms with Gasteiger partial charge in [-0.25, -0.2) is 0 Å². The van der Waals surface area contributed by atoms with Crippen LogP contribution >= 0.6 is 0 Å². The van der Waals surface area contributed by atoms with Crippen LogP contribution in [-0.2, 0) is 50.5 Å². The van der Waals surface area contributed by atoms with Crippen molar-refractivity contribution in [2.75, 3.05) is 46.5 Å². The molecule has 0 spiro atoms. The van der Waals surface area contributed by atoms with Crippen LogP contribution in [0.4, 0.5) is 0 Å². The molecule has 16 nitrogen and oxygen atoms in total. The van der Waals surface area contributed by atoms with Crippen molar-refractivity contribution >= 4 is 0 Å². The van der Waals surface area contributed by atoms with Crippen LogP contribution in [0.3, 0.4) is 0 Å². The van der Waals surface area contributed by atoms with Gasteiger partial charge in [-0.05, 0) is 38.1 Å². The topological polar surface area (TPSA) is 229 Å². The van der Waals surface area contributed by atoms with Crippen molar-refractivity contribution in [1.82, 2.24) is 20.9 Å². The summed E-state index contributed by atoms with van der Waals surface area (Å²) in [6.45, 7) is 11.7. The smallest absolute Gasteiger partial charge is 0.487 e. The molecule has 17 heteroatoms. The molecule has 256 valence electrons. The molecule has 2 aromatic carbocycles. The van der Waals surface area contributed by atoms with E-state index in [1.807, 2.05) is 68.4 Å². The molecule has 0 saturated carbocycles. The Morgan fingerprint density at radius 1 is 0.681 bits per heavy atom. The van der Waals surface area contributed by atoms with Gasteiger partial charge in [0.05, 0.1) is 21.6 Å². The number of hydrogen-bond acceptors (Lipinski definition) is 14.